The Morgan fingerprint density at radius 2 is 1.90 bits per heavy atom. The number of thioether (sulfide) groups is 1. The van der Waals surface area contributed by atoms with Gasteiger partial charge in [0.2, 0.25) is 11.1 Å². The lowest BCUT2D eigenvalue weighted by atomic mass is 10.0. The number of hydrogen-bond acceptors (Lipinski definition) is 5. The van der Waals surface area contributed by atoms with Crippen molar-refractivity contribution in [1.29, 1.82) is 0 Å². The number of nitrogens with zero attached hydrogens (tertiary/aromatic N) is 3. The molecule has 0 bridgehead atoms. The van der Waals surface area contributed by atoms with Gasteiger partial charge in [-0.05, 0) is 45.1 Å². The molecule has 5 nitrogen and oxygen atoms in total. The third-order valence-electron chi connectivity index (χ3n) is 4.13. The average molecular weight is 441 g/mol. The monoisotopic (exact) mass is 440 g/mol. The maximum atomic E-state index is 12.0. The molecule has 1 saturated carbocycles. The van der Waals surface area contributed by atoms with Gasteiger partial charge in [-0.3, -0.25) is 4.79 Å². The minimum atomic E-state index is 0.0113. The molecule has 168 valence electrons. The van der Waals surface area contributed by atoms with Crippen molar-refractivity contribution < 1.29 is 4.79 Å². The number of carbonyl (C=O) groups is 1. The SMILES string of the molecule is C=C/C=C(\C=C/C)c1nc(SCC(=O)NC2CC2)nnc1/C(=C/C)CCC=C.CCC. The summed E-state index contributed by atoms with van der Waals surface area (Å²) in [6, 6.07) is 0.351. The van der Waals surface area contributed by atoms with Crippen LogP contribution in [0.15, 0.2) is 54.8 Å². The highest BCUT2D eigenvalue weighted by Crippen LogP contribution is 2.28. The number of carbonyl (C=O) groups excluding carboxylic acids is 1. The van der Waals surface area contributed by atoms with Crippen molar-refractivity contribution in [3.8, 4) is 0 Å². The van der Waals surface area contributed by atoms with E-state index in [0.29, 0.717) is 11.2 Å². The summed E-state index contributed by atoms with van der Waals surface area (Å²) in [5.74, 6) is 0.297. The first kappa shape index (κ1) is 26.6. The quantitative estimate of drug-likeness (QED) is 0.253. The van der Waals surface area contributed by atoms with Crippen molar-refractivity contribution in [2.45, 2.75) is 71.0 Å². The number of amides is 1. The molecule has 0 aliphatic heterocycles. The molecular formula is C25H36N4OS. The molecular weight excluding hydrogens is 404 g/mol. The molecule has 1 aliphatic carbocycles. The number of allylic oxidation sites excluding steroid dienone is 8. The molecule has 1 heterocycles. The lowest BCUT2D eigenvalue weighted by molar-refractivity contribution is -0.118. The molecule has 1 aromatic rings. The van der Waals surface area contributed by atoms with E-state index in [4.69, 9.17) is 4.98 Å². The normalized spacial score (nSPS) is 14.1. The molecule has 0 atom stereocenters. The maximum absolute atomic E-state index is 12.0. The minimum Gasteiger partial charge on any atom is -0.353 e. The minimum absolute atomic E-state index is 0.0113. The standard InChI is InChI=1S/C22H28N4OS.C3H8/c1-5-9-12-16(8-4)21-20(17(10-6-2)11-7-3)24-22(26-25-21)28-15-19(27)23-18-13-14-18;1-3-2/h5-8,10-11,18H,1-2,9,12-15H2,3-4H3,(H,23,27);3H2,1-2H3/b11-7-,16-8+,17-10+;. The van der Waals surface area contributed by atoms with Gasteiger partial charge < -0.3 is 5.32 Å². The Kier molecular flexibility index (Phi) is 13.2. The fourth-order valence-electron chi connectivity index (χ4n) is 2.59. The summed E-state index contributed by atoms with van der Waals surface area (Å²) in [5.41, 5.74) is 3.47. The Hall–Kier alpha value is -2.47. The summed E-state index contributed by atoms with van der Waals surface area (Å²) in [5, 5.41) is 12.2. The predicted molar refractivity (Wildman–Crippen MR) is 134 cm³/mol. The number of hydrogen-bond donors (Lipinski definition) is 1. The van der Waals surface area contributed by atoms with Crippen LogP contribution in [0.4, 0.5) is 0 Å². The van der Waals surface area contributed by atoms with Crippen molar-refractivity contribution in [3.05, 3.63) is 61.0 Å². The van der Waals surface area contributed by atoms with E-state index < -0.39 is 0 Å². The predicted octanol–water partition coefficient (Wildman–Crippen LogP) is 6.17. The lowest BCUT2D eigenvalue weighted by Gasteiger charge is -2.12. The molecule has 0 saturated heterocycles. The first-order valence-electron chi connectivity index (χ1n) is 10.9. The maximum Gasteiger partial charge on any atom is 0.230 e. The molecule has 2 rings (SSSR count). The van der Waals surface area contributed by atoms with Gasteiger partial charge in [0.1, 0.15) is 11.4 Å². The van der Waals surface area contributed by atoms with Crippen LogP contribution in [0.2, 0.25) is 0 Å². The van der Waals surface area contributed by atoms with E-state index in [1.165, 1.54) is 18.2 Å². The van der Waals surface area contributed by atoms with E-state index in [0.717, 1.165) is 48.2 Å². The average Bonchev–Trinajstić information content (AvgIpc) is 3.57. The fraction of sp³-hybridized carbons (Fsp3) is 0.440. The number of nitrogens with one attached hydrogen (secondary N) is 1. The zero-order valence-electron chi connectivity index (χ0n) is 19.4. The summed E-state index contributed by atoms with van der Waals surface area (Å²) in [7, 11) is 0. The van der Waals surface area contributed by atoms with E-state index in [1.807, 2.05) is 44.2 Å². The Bertz CT molecular complexity index is 823. The Balaban J connectivity index is 0.00000151. The van der Waals surface area contributed by atoms with Crippen molar-refractivity contribution in [2.75, 3.05) is 5.75 Å². The molecule has 0 radical (unpaired) electrons. The largest absolute Gasteiger partial charge is 0.353 e. The van der Waals surface area contributed by atoms with Crippen LogP contribution in [0.1, 0.15) is 71.2 Å². The molecule has 1 fully saturated rings. The molecule has 1 N–H and O–H groups in total. The topological polar surface area (TPSA) is 67.8 Å². The van der Waals surface area contributed by atoms with Gasteiger partial charge in [0.25, 0.3) is 0 Å². The zero-order chi connectivity index (χ0) is 23.1. The molecule has 0 spiro atoms. The second kappa shape index (κ2) is 15.3. The number of aromatic nitrogens is 3. The van der Waals surface area contributed by atoms with E-state index >= 15 is 0 Å². The summed E-state index contributed by atoms with van der Waals surface area (Å²) < 4.78 is 0. The molecule has 0 unspecified atom stereocenters. The Morgan fingerprint density at radius 1 is 1.19 bits per heavy atom. The van der Waals surface area contributed by atoms with Crippen LogP contribution in [0.5, 0.6) is 0 Å². The molecule has 1 aromatic heterocycles. The first-order chi connectivity index (χ1) is 15.0. The molecule has 0 aromatic carbocycles. The van der Waals surface area contributed by atoms with E-state index in [1.54, 1.807) is 6.08 Å². The van der Waals surface area contributed by atoms with Crippen molar-refractivity contribution in [2.24, 2.45) is 0 Å². The highest BCUT2D eigenvalue weighted by molar-refractivity contribution is 7.99. The van der Waals surface area contributed by atoms with Crippen molar-refractivity contribution in [1.82, 2.24) is 20.5 Å². The molecule has 6 heteroatoms. The van der Waals surface area contributed by atoms with Gasteiger partial charge >= 0.3 is 0 Å². The van der Waals surface area contributed by atoms with Crippen LogP contribution in [0.25, 0.3) is 11.1 Å². The van der Waals surface area contributed by atoms with Gasteiger partial charge in [-0.1, -0.05) is 75.1 Å². The van der Waals surface area contributed by atoms with Crippen molar-refractivity contribution >= 4 is 28.8 Å². The van der Waals surface area contributed by atoms with Gasteiger partial charge in [-0.2, -0.15) is 0 Å². The van der Waals surface area contributed by atoms with Crippen LogP contribution >= 0.6 is 11.8 Å². The fourth-order valence-corrected chi connectivity index (χ4v) is 3.19. The molecule has 1 aliphatic rings. The summed E-state index contributed by atoms with van der Waals surface area (Å²) in [4.78, 5) is 16.7. The third kappa shape index (κ3) is 9.92. The van der Waals surface area contributed by atoms with E-state index in [2.05, 4.69) is 42.5 Å². The van der Waals surface area contributed by atoms with Gasteiger partial charge in [0, 0.05) is 11.6 Å². The van der Waals surface area contributed by atoms with Gasteiger partial charge in [-0.15, -0.1) is 16.8 Å². The number of rotatable bonds is 11. The summed E-state index contributed by atoms with van der Waals surface area (Å²) in [6.07, 6.45) is 16.6. The Labute approximate surface area is 191 Å². The van der Waals surface area contributed by atoms with Crippen LogP contribution in [-0.4, -0.2) is 32.9 Å². The van der Waals surface area contributed by atoms with Crippen LogP contribution < -0.4 is 5.32 Å². The van der Waals surface area contributed by atoms with Gasteiger partial charge in [0.15, 0.2) is 0 Å². The van der Waals surface area contributed by atoms with Crippen molar-refractivity contribution in [3.63, 3.8) is 0 Å². The second-order valence-electron chi connectivity index (χ2n) is 7.13. The van der Waals surface area contributed by atoms with Gasteiger partial charge in [-0.25, -0.2) is 4.98 Å². The lowest BCUT2D eigenvalue weighted by Crippen LogP contribution is -2.27. The molecule has 1 amide bonds. The molecule has 31 heavy (non-hydrogen) atoms. The van der Waals surface area contributed by atoms with Crippen LogP contribution in [-0.2, 0) is 4.79 Å². The second-order valence-corrected chi connectivity index (χ2v) is 8.07. The third-order valence-corrected chi connectivity index (χ3v) is 4.97. The highest BCUT2D eigenvalue weighted by atomic mass is 32.2. The van der Waals surface area contributed by atoms with E-state index in [9.17, 15) is 4.79 Å². The van der Waals surface area contributed by atoms with E-state index in [-0.39, 0.29) is 11.7 Å². The summed E-state index contributed by atoms with van der Waals surface area (Å²) in [6.45, 7) is 15.8. The summed E-state index contributed by atoms with van der Waals surface area (Å²) >= 11 is 1.30. The highest BCUT2D eigenvalue weighted by Gasteiger charge is 2.23. The van der Waals surface area contributed by atoms with Crippen LogP contribution in [0, 0.1) is 0 Å². The van der Waals surface area contributed by atoms with Gasteiger partial charge in [0.05, 0.1) is 5.75 Å². The Morgan fingerprint density at radius 3 is 2.45 bits per heavy atom. The van der Waals surface area contributed by atoms with Crippen LogP contribution in [0.3, 0.4) is 0 Å². The smallest absolute Gasteiger partial charge is 0.230 e. The zero-order valence-corrected chi connectivity index (χ0v) is 20.2. The first-order valence-corrected chi connectivity index (χ1v) is 11.9.